The summed E-state index contributed by atoms with van der Waals surface area (Å²) in [5.74, 6) is -0.563. The topological polar surface area (TPSA) is 61.5 Å². The van der Waals surface area contributed by atoms with Crippen molar-refractivity contribution in [2.45, 2.75) is 11.2 Å². The second-order valence-electron chi connectivity index (χ2n) is 4.75. The summed E-state index contributed by atoms with van der Waals surface area (Å²) in [6.07, 6.45) is -4.60. The molecule has 3 aromatic rings. The van der Waals surface area contributed by atoms with E-state index in [1.54, 1.807) is 24.3 Å². The number of aromatic nitrogens is 4. The van der Waals surface area contributed by atoms with Crippen molar-refractivity contribution >= 4 is 28.4 Å². The Morgan fingerprint density at radius 1 is 1.21 bits per heavy atom. The molecule has 0 aliphatic rings. The number of ether oxygens (including phenoxy) is 2. The maximum Gasteiger partial charge on any atom is 0.452 e. The van der Waals surface area contributed by atoms with Crippen molar-refractivity contribution in [3.63, 3.8) is 0 Å². The van der Waals surface area contributed by atoms with Crippen LogP contribution in [0.5, 0.6) is 0 Å². The predicted octanol–water partition coefficient (Wildman–Crippen LogP) is 3.01. The van der Waals surface area contributed by atoms with Crippen LogP contribution in [0.3, 0.4) is 0 Å². The lowest BCUT2D eigenvalue weighted by Gasteiger charge is -2.09. The van der Waals surface area contributed by atoms with Crippen LogP contribution in [-0.2, 0) is 15.7 Å². The number of rotatable bonds is 6. The first kappa shape index (κ1) is 16.9. The fourth-order valence-corrected chi connectivity index (χ4v) is 3.00. The molecule has 2 heterocycles. The van der Waals surface area contributed by atoms with Gasteiger partial charge in [0.15, 0.2) is 5.65 Å². The summed E-state index contributed by atoms with van der Waals surface area (Å²) in [7, 11) is 1.51. The van der Waals surface area contributed by atoms with E-state index in [-0.39, 0.29) is 12.4 Å². The Labute approximate surface area is 139 Å². The van der Waals surface area contributed by atoms with Gasteiger partial charge in [0.1, 0.15) is 11.8 Å². The first-order chi connectivity index (χ1) is 11.5. The van der Waals surface area contributed by atoms with Crippen LogP contribution in [0.2, 0.25) is 0 Å². The van der Waals surface area contributed by atoms with Gasteiger partial charge in [0, 0.05) is 12.9 Å². The average molecular weight is 358 g/mol. The molecule has 0 unspecified atom stereocenters. The first-order valence-corrected chi connectivity index (χ1v) is 7.91. The fraction of sp³-hybridized carbons (Fsp3) is 0.357. The lowest BCUT2D eigenvalue weighted by molar-refractivity contribution is -0.145. The van der Waals surface area contributed by atoms with Crippen molar-refractivity contribution < 1.29 is 22.6 Å². The van der Waals surface area contributed by atoms with Crippen LogP contribution in [0, 0.1) is 0 Å². The van der Waals surface area contributed by atoms with E-state index in [2.05, 4.69) is 15.2 Å². The zero-order valence-corrected chi connectivity index (χ0v) is 13.4. The molecule has 0 atom stereocenters. The quantitative estimate of drug-likeness (QED) is 0.383. The summed E-state index contributed by atoms with van der Waals surface area (Å²) < 4.78 is 50.6. The van der Waals surface area contributed by atoms with Crippen LogP contribution < -0.4 is 0 Å². The number of nitrogens with zero attached hydrogens (tertiary/aromatic N) is 4. The van der Waals surface area contributed by atoms with E-state index in [9.17, 15) is 13.2 Å². The molecular weight excluding hydrogens is 345 g/mol. The largest absolute Gasteiger partial charge is 0.452 e. The maximum atomic E-state index is 13.2. The molecule has 3 rings (SSSR count). The normalized spacial score (nSPS) is 12.3. The summed E-state index contributed by atoms with van der Waals surface area (Å²) >= 11 is 1.26. The van der Waals surface area contributed by atoms with Crippen LogP contribution in [0.1, 0.15) is 5.82 Å². The molecule has 2 aromatic heterocycles. The highest BCUT2D eigenvalue weighted by molar-refractivity contribution is 7.99. The molecule has 0 saturated heterocycles. The van der Waals surface area contributed by atoms with Gasteiger partial charge in [-0.15, -0.1) is 22.0 Å². The van der Waals surface area contributed by atoms with Gasteiger partial charge in [-0.3, -0.25) is 4.40 Å². The number of methoxy groups -OCH3 is 1. The van der Waals surface area contributed by atoms with Crippen molar-refractivity contribution in [2.75, 3.05) is 26.3 Å². The van der Waals surface area contributed by atoms with Crippen molar-refractivity contribution in [2.24, 2.45) is 0 Å². The van der Waals surface area contributed by atoms with Crippen LogP contribution in [0.4, 0.5) is 13.2 Å². The molecule has 0 aliphatic carbocycles. The van der Waals surface area contributed by atoms with Crippen molar-refractivity contribution in [1.82, 2.24) is 19.6 Å². The monoisotopic (exact) mass is 358 g/mol. The number of para-hydroxylation sites is 2. The Hall–Kier alpha value is -1.91. The molecule has 24 heavy (non-hydrogen) atoms. The lowest BCUT2D eigenvalue weighted by atomic mass is 10.3. The highest BCUT2D eigenvalue weighted by Gasteiger charge is 2.38. The van der Waals surface area contributed by atoms with Crippen LogP contribution in [0.25, 0.3) is 16.7 Å². The number of halogens is 3. The molecule has 128 valence electrons. The van der Waals surface area contributed by atoms with E-state index in [1.165, 1.54) is 18.9 Å². The van der Waals surface area contributed by atoms with Gasteiger partial charge in [0.2, 0.25) is 5.82 Å². The van der Waals surface area contributed by atoms with E-state index in [0.29, 0.717) is 28.4 Å². The summed E-state index contributed by atoms with van der Waals surface area (Å²) in [5, 5.41) is 7.39. The molecular formula is C14H13F3N4O2S. The first-order valence-electron chi connectivity index (χ1n) is 6.93. The number of hydrogen-bond donors (Lipinski definition) is 0. The van der Waals surface area contributed by atoms with Gasteiger partial charge in [-0.2, -0.15) is 13.2 Å². The third kappa shape index (κ3) is 3.30. The lowest BCUT2D eigenvalue weighted by Crippen LogP contribution is -2.12. The molecule has 0 amide bonds. The van der Waals surface area contributed by atoms with E-state index < -0.39 is 12.0 Å². The molecule has 0 saturated carbocycles. The average Bonchev–Trinajstić information content (AvgIpc) is 3.00. The fourth-order valence-electron chi connectivity index (χ4n) is 2.18. The Kier molecular flexibility index (Phi) is 4.88. The van der Waals surface area contributed by atoms with Gasteiger partial charge < -0.3 is 9.47 Å². The van der Waals surface area contributed by atoms with Gasteiger partial charge in [-0.1, -0.05) is 12.1 Å². The van der Waals surface area contributed by atoms with E-state index in [0.717, 1.165) is 4.40 Å². The molecule has 0 radical (unpaired) electrons. The molecule has 6 nitrogen and oxygen atoms in total. The third-order valence-corrected chi connectivity index (χ3v) is 4.04. The van der Waals surface area contributed by atoms with Gasteiger partial charge in [-0.25, -0.2) is 4.98 Å². The number of thioether (sulfide) groups is 1. The van der Waals surface area contributed by atoms with Crippen molar-refractivity contribution in [3.8, 4) is 0 Å². The second kappa shape index (κ2) is 6.91. The predicted molar refractivity (Wildman–Crippen MR) is 81.8 cm³/mol. The minimum atomic E-state index is -4.60. The van der Waals surface area contributed by atoms with Gasteiger partial charge in [0.25, 0.3) is 0 Å². The molecule has 10 heteroatoms. The van der Waals surface area contributed by atoms with Gasteiger partial charge in [0.05, 0.1) is 17.6 Å². The highest BCUT2D eigenvalue weighted by atomic mass is 32.2. The SMILES string of the molecule is COCOCCSc1nc2ccccc2n2c(C(F)(F)F)nnc12. The third-order valence-electron chi connectivity index (χ3n) is 3.12. The Morgan fingerprint density at radius 3 is 2.75 bits per heavy atom. The molecule has 0 spiro atoms. The number of hydrogen-bond acceptors (Lipinski definition) is 6. The second-order valence-corrected chi connectivity index (χ2v) is 5.83. The van der Waals surface area contributed by atoms with Crippen LogP contribution in [0.15, 0.2) is 29.3 Å². The Balaban J connectivity index is 2.04. The Morgan fingerprint density at radius 2 is 2.00 bits per heavy atom. The minimum absolute atomic E-state index is 0.0813. The van der Waals surface area contributed by atoms with E-state index in [1.807, 2.05) is 0 Å². The molecule has 0 aliphatic heterocycles. The highest BCUT2D eigenvalue weighted by Crippen LogP contribution is 2.32. The summed E-state index contributed by atoms with van der Waals surface area (Å²) in [5.41, 5.74) is 0.832. The van der Waals surface area contributed by atoms with Crippen LogP contribution in [-0.4, -0.2) is 45.8 Å². The van der Waals surface area contributed by atoms with Gasteiger partial charge >= 0.3 is 6.18 Å². The summed E-state index contributed by atoms with van der Waals surface area (Å²) in [6, 6.07) is 6.58. The van der Waals surface area contributed by atoms with Crippen molar-refractivity contribution in [3.05, 3.63) is 30.1 Å². The van der Waals surface area contributed by atoms with Gasteiger partial charge in [-0.05, 0) is 12.1 Å². The maximum absolute atomic E-state index is 13.2. The zero-order valence-electron chi connectivity index (χ0n) is 12.6. The number of fused-ring (bicyclic) bond motifs is 3. The van der Waals surface area contributed by atoms with Crippen molar-refractivity contribution in [1.29, 1.82) is 0 Å². The smallest absolute Gasteiger partial charge is 0.359 e. The Bertz CT molecular complexity index is 853. The number of alkyl halides is 3. The summed E-state index contributed by atoms with van der Waals surface area (Å²) in [6.45, 7) is 0.531. The van der Waals surface area contributed by atoms with E-state index in [4.69, 9.17) is 9.47 Å². The zero-order chi connectivity index (χ0) is 17.2. The molecule has 0 N–H and O–H groups in total. The molecule has 0 bridgehead atoms. The van der Waals surface area contributed by atoms with Crippen LogP contribution >= 0.6 is 11.8 Å². The van der Waals surface area contributed by atoms with E-state index >= 15 is 0 Å². The summed E-state index contributed by atoms with van der Waals surface area (Å²) in [4.78, 5) is 4.40. The molecule has 0 fully saturated rings. The minimum Gasteiger partial charge on any atom is -0.359 e. The standard InChI is InChI=1S/C14H13F3N4O2S/c1-22-8-23-6-7-24-12-11-19-20-13(14(15,16)17)21(11)10-5-3-2-4-9(10)18-12/h2-5H,6-8H2,1H3. The molecule has 1 aromatic carbocycles. The number of benzene rings is 1.